The molecule has 1 N–H and O–H groups in total. The third-order valence-corrected chi connectivity index (χ3v) is 6.59. The summed E-state index contributed by atoms with van der Waals surface area (Å²) in [5.74, 6) is 1.31. The van der Waals surface area contributed by atoms with E-state index in [0.29, 0.717) is 18.4 Å². The zero-order valence-electron chi connectivity index (χ0n) is 18.6. The highest BCUT2D eigenvalue weighted by molar-refractivity contribution is 5.92. The van der Waals surface area contributed by atoms with Crippen LogP contribution in [0.25, 0.3) is 0 Å². The fraction of sp³-hybridized carbons (Fsp3) is 0.667. The van der Waals surface area contributed by atoms with Gasteiger partial charge in [-0.3, -0.25) is 9.59 Å². The molecule has 0 aliphatic carbocycles. The molecule has 0 bridgehead atoms. The summed E-state index contributed by atoms with van der Waals surface area (Å²) < 4.78 is 5.16. The second kappa shape index (κ2) is 11.3. The number of nitrogens with zero attached hydrogens (tertiary/aromatic N) is 2. The minimum absolute atomic E-state index is 0.0728. The van der Waals surface area contributed by atoms with E-state index in [-0.39, 0.29) is 11.8 Å². The van der Waals surface area contributed by atoms with E-state index in [2.05, 4.69) is 22.0 Å². The summed E-state index contributed by atoms with van der Waals surface area (Å²) in [6.07, 6.45) is 7.93. The first kappa shape index (κ1) is 22.6. The molecular weight excluding hydrogens is 378 g/mol. The number of unbranched alkanes of at least 4 members (excludes halogenated alkanes) is 2. The van der Waals surface area contributed by atoms with Crippen LogP contribution in [-0.2, 0) is 9.59 Å². The van der Waals surface area contributed by atoms with E-state index in [9.17, 15) is 9.59 Å². The molecule has 3 rings (SSSR count). The van der Waals surface area contributed by atoms with Crippen molar-refractivity contribution in [3.05, 3.63) is 24.3 Å². The van der Waals surface area contributed by atoms with Gasteiger partial charge in [-0.1, -0.05) is 19.8 Å². The van der Waals surface area contributed by atoms with Crippen LogP contribution in [0.4, 0.5) is 5.69 Å². The molecule has 0 atom stereocenters. The molecular formula is C24H37N3O3. The number of carbonyl (C=O) groups is 2. The van der Waals surface area contributed by atoms with Crippen LogP contribution in [-0.4, -0.2) is 60.9 Å². The van der Waals surface area contributed by atoms with Gasteiger partial charge in [0.05, 0.1) is 7.11 Å². The van der Waals surface area contributed by atoms with E-state index in [1.54, 1.807) is 7.11 Å². The summed E-state index contributed by atoms with van der Waals surface area (Å²) in [6, 6.07) is 8.03. The van der Waals surface area contributed by atoms with Crippen molar-refractivity contribution in [1.82, 2.24) is 9.80 Å². The van der Waals surface area contributed by atoms with E-state index in [4.69, 9.17) is 4.74 Å². The summed E-state index contributed by atoms with van der Waals surface area (Å²) >= 11 is 0. The highest BCUT2D eigenvalue weighted by Crippen LogP contribution is 2.25. The van der Waals surface area contributed by atoms with Crippen LogP contribution in [0.2, 0.25) is 0 Å². The van der Waals surface area contributed by atoms with Gasteiger partial charge in [-0.15, -0.1) is 0 Å². The molecule has 1 aromatic carbocycles. The van der Waals surface area contributed by atoms with Crippen molar-refractivity contribution in [2.75, 3.05) is 38.6 Å². The molecule has 6 heteroatoms. The van der Waals surface area contributed by atoms with Gasteiger partial charge in [0, 0.05) is 37.2 Å². The molecule has 2 heterocycles. The van der Waals surface area contributed by atoms with Gasteiger partial charge in [-0.25, -0.2) is 0 Å². The summed E-state index contributed by atoms with van der Waals surface area (Å²) in [5.41, 5.74) is 0.819. The van der Waals surface area contributed by atoms with Gasteiger partial charge < -0.3 is 19.9 Å². The van der Waals surface area contributed by atoms with E-state index in [1.165, 1.54) is 0 Å². The molecule has 2 fully saturated rings. The second-order valence-corrected chi connectivity index (χ2v) is 8.60. The minimum atomic E-state index is 0.0728. The molecule has 0 unspecified atom stereocenters. The third kappa shape index (κ3) is 6.21. The first-order valence-corrected chi connectivity index (χ1v) is 11.6. The number of likely N-dealkylation sites (tertiary alicyclic amines) is 2. The maximum Gasteiger partial charge on any atom is 0.227 e. The number of amides is 2. The van der Waals surface area contributed by atoms with Crippen LogP contribution in [0.3, 0.4) is 0 Å². The average molecular weight is 416 g/mol. The Morgan fingerprint density at radius 2 is 1.67 bits per heavy atom. The van der Waals surface area contributed by atoms with Crippen molar-refractivity contribution in [3.8, 4) is 5.75 Å². The molecule has 0 aromatic heterocycles. The van der Waals surface area contributed by atoms with Crippen molar-refractivity contribution in [1.29, 1.82) is 0 Å². The van der Waals surface area contributed by atoms with Gasteiger partial charge in [-0.2, -0.15) is 0 Å². The lowest BCUT2D eigenvalue weighted by Gasteiger charge is -2.41. The van der Waals surface area contributed by atoms with Gasteiger partial charge in [0.15, 0.2) is 0 Å². The lowest BCUT2D eigenvalue weighted by Crippen LogP contribution is -2.49. The van der Waals surface area contributed by atoms with Gasteiger partial charge in [0.25, 0.3) is 0 Å². The van der Waals surface area contributed by atoms with Crippen LogP contribution < -0.4 is 10.1 Å². The predicted octanol–water partition coefficient (Wildman–Crippen LogP) is 3.92. The van der Waals surface area contributed by atoms with Gasteiger partial charge in [0.1, 0.15) is 5.75 Å². The number of methoxy groups -OCH3 is 1. The number of piperidine rings is 2. The quantitative estimate of drug-likeness (QED) is 0.654. The van der Waals surface area contributed by atoms with Crippen molar-refractivity contribution in [2.45, 2.75) is 64.3 Å². The van der Waals surface area contributed by atoms with Crippen LogP contribution in [0.15, 0.2) is 24.3 Å². The fourth-order valence-electron chi connectivity index (χ4n) is 4.61. The predicted molar refractivity (Wildman–Crippen MR) is 120 cm³/mol. The molecule has 6 nitrogen and oxygen atoms in total. The Balaban J connectivity index is 1.38. The largest absolute Gasteiger partial charge is 0.497 e. The highest BCUT2D eigenvalue weighted by Gasteiger charge is 2.31. The van der Waals surface area contributed by atoms with E-state index in [0.717, 1.165) is 82.6 Å². The Kier molecular flexibility index (Phi) is 8.55. The molecule has 30 heavy (non-hydrogen) atoms. The summed E-state index contributed by atoms with van der Waals surface area (Å²) in [4.78, 5) is 29.5. The SMILES string of the molecule is CCCCCC(=O)N1CCC(N2CCC(C(=O)Nc3ccc(OC)cc3)CC2)CC1. The lowest BCUT2D eigenvalue weighted by atomic mass is 9.92. The van der Waals surface area contributed by atoms with Crippen molar-refractivity contribution < 1.29 is 14.3 Å². The number of ether oxygens (including phenoxy) is 1. The number of anilines is 1. The Bertz CT molecular complexity index is 675. The van der Waals surface area contributed by atoms with Crippen LogP contribution in [0.1, 0.15) is 58.3 Å². The number of rotatable bonds is 8. The Labute approximate surface area is 180 Å². The van der Waals surface area contributed by atoms with Crippen LogP contribution >= 0.6 is 0 Å². The normalized spacial score (nSPS) is 18.9. The Morgan fingerprint density at radius 3 is 2.27 bits per heavy atom. The summed E-state index contributed by atoms with van der Waals surface area (Å²) in [6.45, 7) is 5.87. The number of carbonyl (C=O) groups excluding carboxylic acids is 2. The fourth-order valence-corrected chi connectivity index (χ4v) is 4.61. The maximum atomic E-state index is 12.6. The topological polar surface area (TPSA) is 61.9 Å². The number of hydrogen-bond donors (Lipinski definition) is 1. The van der Waals surface area contributed by atoms with E-state index >= 15 is 0 Å². The standard InChI is InChI=1S/C24H37N3O3/c1-3-4-5-6-23(28)27-17-13-21(14-18-27)26-15-11-19(12-16-26)24(29)25-20-7-9-22(30-2)10-8-20/h7-10,19,21H,3-6,11-18H2,1-2H3,(H,25,29). The molecule has 2 saturated heterocycles. The van der Waals surface area contributed by atoms with E-state index in [1.807, 2.05) is 24.3 Å². The zero-order chi connectivity index (χ0) is 21.3. The first-order valence-electron chi connectivity index (χ1n) is 11.6. The molecule has 0 radical (unpaired) electrons. The minimum Gasteiger partial charge on any atom is -0.497 e. The molecule has 0 spiro atoms. The number of hydrogen-bond acceptors (Lipinski definition) is 4. The Morgan fingerprint density at radius 1 is 1.00 bits per heavy atom. The second-order valence-electron chi connectivity index (χ2n) is 8.60. The molecule has 0 saturated carbocycles. The Hall–Kier alpha value is -2.08. The lowest BCUT2D eigenvalue weighted by molar-refractivity contribution is -0.133. The third-order valence-electron chi connectivity index (χ3n) is 6.59. The van der Waals surface area contributed by atoms with Gasteiger partial charge in [0.2, 0.25) is 11.8 Å². The zero-order valence-corrected chi connectivity index (χ0v) is 18.6. The average Bonchev–Trinajstić information content (AvgIpc) is 2.80. The monoisotopic (exact) mass is 415 g/mol. The smallest absolute Gasteiger partial charge is 0.227 e. The first-order chi connectivity index (χ1) is 14.6. The molecule has 2 aliphatic heterocycles. The number of benzene rings is 1. The molecule has 2 amide bonds. The maximum absolute atomic E-state index is 12.6. The number of nitrogens with one attached hydrogen (secondary N) is 1. The van der Waals surface area contributed by atoms with E-state index < -0.39 is 0 Å². The van der Waals surface area contributed by atoms with Crippen molar-refractivity contribution in [2.24, 2.45) is 5.92 Å². The van der Waals surface area contributed by atoms with Gasteiger partial charge >= 0.3 is 0 Å². The molecule has 1 aromatic rings. The van der Waals surface area contributed by atoms with Crippen LogP contribution in [0.5, 0.6) is 5.75 Å². The van der Waals surface area contributed by atoms with Crippen molar-refractivity contribution in [3.63, 3.8) is 0 Å². The molecule has 166 valence electrons. The van der Waals surface area contributed by atoms with Gasteiger partial charge in [-0.05, 0) is 69.5 Å². The summed E-state index contributed by atoms with van der Waals surface area (Å²) in [5, 5.41) is 3.04. The highest BCUT2D eigenvalue weighted by atomic mass is 16.5. The van der Waals surface area contributed by atoms with Crippen molar-refractivity contribution >= 4 is 17.5 Å². The summed E-state index contributed by atoms with van der Waals surface area (Å²) in [7, 11) is 1.64. The molecule has 2 aliphatic rings. The van der Waals surface area contributed by atoms with Crippen LogP contribution in [0, 0.1) is 5.92 Å².